The maximum absolute atomic E-state index is 8.46. The van der Waals surface area contributed by atoms with Crippen molar-refractivity contribution in [1.82, 2.24) is 0 Å². The number of primary amides is 1. The molecule has 1 rings (SSSR count). The lowest BCUT2D eigenvalue weighted by atomic mass is 10.4. The van der Waals surface area contributed by atoms with Gasteiger partial charge in [0.1, 0.15) is 0 Å². The minimum atomic E-state index is 1.00. The second-order valence-corrected chi connectivity index (χ2v) is 1.20. The minimum Gasteiger partial charge on any atom is -0.361 e. The third-order valence-electron chi connectivity index (χ3n) is 0.607. The smallest absolute Gasteiger partial charge is 0.306 e. The zero-order valence-corrected chi connectivity index (χ0v) is 4.87. The lowest BCUT2D eigenvalue weighted by molar-refractivity contribution is 0.557. The maximum Gasteiger partial charge on any atom is 0.306 e. The number of hydrogen-bond acceptors (Lipinski definition) is 1. The maximum atomic E-state index is 8.46. The van der Waals surface area contributed by atoms with E-state index in [0.29, 0.717) is 0 Å². The largest absolute Gasteiger partial charge is 0.361 e. The van der Waals surface area contributed by atoms with E-state index in [-0.39, 0.29) is 0 Å². The summed E-state index contributed by atoms with van der Waals surface area (Å²) in [5.41, 5.74) is 4.04. The summed E-state index contributed by atoms with van der Waals surface area (Å²) >= 11 is 0. The van der Waals surface area contributed by atoms with Gasteiger partial charge in [-0.15, -0.1) is 0 Å². The number of nitrogens with two attached hydrogens (primary N) is 1. The van der Waals surface area contributed by atoms with Crippen molar-refractivity contribution in [1.29, 1.82) is 0 Å². The normalized spacial score (nSPS) is 6.67. The van der Waals surface area contributed by atoms with Gasteiger partial charge in [0, 0.05) is 0 Å². The fraction of sp³-hybridized carbons (Fsp3) is 0. The Hall–Kier alpha value is -1.31. The van der Waals surface area contributed by atoms with Gasteiger partial charge >= 0.3 is 6.41 Å². The zero-order chi connectivity index (χ0) is 6.95. The molecule has 0 saturated carbocycles. The molecule has 46 valence electrons. The van der Waals surface area contributed by atoms with E-state index in [1.165, 1.54) is 0 Å². The van der Waals surface area contributed by atoms with E-state index in [2.05, 4.69) is 11.8 Å². The topological polar surface area (TPSA) is 43.1 Å². The quantitative estimate of drug-likeness (QED) is 0.499. The Bertz CT molecular complexity index is 112. The van der Waals surface area contributed by atoms with Gasteiger partial charge in [0.15, 0.2) is 0 Å². The summed E-state index contributed by atoms with van der Waals surface area (Å²) < 4.78 is 0. The molecule has 2 heteroatoms. The molecule has 0 aromatic heterocycles. The summed E-state index contributed by atoms with van der Waals surface area (Å²) in [5.74, 6) is 0. The van der Waals surface area contributed by atoms with E-state index in [1.54, 1.807) is 0 Å². The molecule has 0 fully saturated rings. The van der Waals surface area contributed by atoms with E-state index in [4.69, 9.17) is 4.79 Å². The fourth-order valence-corrected chi connectivity index (χ4v) is 0.342. The Morgan fingerprint density at radius 1 is 1.22 bits per heavy atom. The number of carbonyl (C=O) groups excluding carboxylic acids is 1. The Labute approximate surface area is 54.3 Å². The molecule has 0 saturated heterocycles. The lowest BCUT2D eigenvalue weighted by Gasteiger charge is -1.68. The van der Waals surface area contributed by atoms with Crippen molar-refractivity contribution >= 4 is 6.41 Å². The highest BCUT2D eigenvalue weighted by atomic mass is 16.1. The molecule has 2 nitrogen and oxygen atoms in total. The number of hydrogen-bond donors (Lipinski definition) is 1. The van der Waals surface area contributed by atoms with Gasteiger partial charge in [0.05, 0.1) is 0 Å². The highest BCUT2D eigenvalue weighted by Crippen LogP contribution is 1.78. The fourth-order valence-electron chi connectivity index (χ4n) is 0.342. The first-order valence-electron chi connectivity index (χ1n) is 2.40. The van der Waals surface area contributed by atoms with Crippen LogP contribution in [0.25, 0.3) is 0 Å². The van der Waals surface area contributed by atoms with Gasteiger partial charge in [-0.1, -0.05) is 30.3 Å². The molecule has 0 unspecified atom stereocenters. The molecular weight excluding hydrogens is 114 g/mol. The van der Waals surface area contributed by atoms with Crippen LogP contribution in [0.1, 0.15) is 0 Å². The first-order chi connectivity index (χ1) is 4.41. The van der Waals surface area contributed by atoms with Crippen LogP contribution < -0.4 is 5.73 Å². The summed E-state index contributed by atoms with van der Waals surface area (Å²) in [6.45, 7) is 0. The molecule has 1 aromatic rings. The Morgan fingerprint density at radius 2 is 1.67 bits per heavy atom. The van der Waals surface area contributed by atoms with E-state index in [9.17, 15) is 0 Å². The van der Waals surface area contributed by atoms with Crippen LogP contribution in [-0.2, 0) is 4.79 Å². The molecule has 2 radical (unpaired) electrons. The SMILES string of the molecule is N[C]=O.[c]1ccccc1. The molecular formula is C7H7NO. The Morgan fingerprint density at radius 3 is 1.78 bits per heavy atom. The first-order valence-corrected chi connectivity index (χ1v) is 2.40. The van der Waals surface area contributed by atoms with Gasteiger partial charge in [0.2, 0.25) is 0 Å². The van der Waals surface area contributed by atoms with Gasteiger partial charge in [-0.25, -0.2) is 0 Å². The van der Waals surface area contributed by atoms with Gasteiger partial charge in [-0.3, -0.25) is 4.79 Å². The standard InChI is InChI=1S/C6H5.CH2NO/c1-2-4-6-5-3-1;2-1-3/h1-5H;(H2,2,3). The molecule has 0 bridgehead atoms. The van der Waals surface area contributed by atoms with Gasteiger partial charge < -0.3 is 5.73 Å². The predicted molar refractivity (Wildman–Crippen MR) is 35.2 cm³/mol. The summed E-state index contributed by atoms with van der Waals surface area (Å²) in [7, 11) is 0. The van der Waals surface area contributed by atoms with Crippen molar-refractivity contribution in [2.75, 3.05) is 0 Å². The van der Waals surface area contributed by atoms with Gasteiger partial charge in [-0.2, -0.15) is 0 Å². The highest BCUT2D eigenvalue weighted by molar-refractivity contribution is 5.43. The molecule has 0 spiro atoms. The van der Waals surface area contributed by atoms with Crippen molar-refractivity contribution in [2.24, 2.45) is 5.73 Å². The van der Waals surface area contributed by atoms with Gasteiger partial charge in [-0.05, 0) is 6.07 Å². The monoisotopic (exact) mass is 121 g/mol. The van der Waals surface area contributed by atoms with Crippen molar-refractivity contribution in [2.45, 2.75) is 0 Å². The second kappa shape index (κ2) is 6.69. The van der Waals surface area contributed by atoms with Crippen molar-refractivity contribution < 1.29 is 4.79 Å². The van der Waals surface area contributed by atoms with Crippen LogP contribution in [0, 0.1) is 6.07 Å². The van der Waals surface area contributed by atoms with Crippen molar-refractivity contribution in [3.05, 3.63) is 36.4 Å². The number of benzene rings is 1. The summed E-state index contributed by atoms with van der Waals surface area (Å²) in [6, 6.07) is 12.5. The van der Waals surface area contributed by atoms with Crippen LogP contribution in [0.2, 0.25) is 0 Å². The molecule has 0 aliphatic carbocycles. The molecule has 0 aliphatic heterocycles. The number of amides is 1. The molecule has 1 aromatic carbocycles. The molecule has 9 heavy (non-hydrogen) atoms. The zero-order valence-electron chi connectivity index (χ0n) is 4.87. The van der Waals surface area contributed by atoms with Crippen LogP contribution in [0.15, 0.2) is 30.3 Å². The average Bonchev–Trinajstić information content (AvgIpc) is 1.93. The van der Waals surface area contributed by atoms with Gasteiger partial charge in [0.25, 0.3) is 0 Å². The van der Waals surface area contributed by atoms with Crippen LogP contribution in [0.5, 0.6) is 0 Å². The first kappa shape index (κ1) is 7.69. The van der Waals surface area contributed by atoms with Crippen LogP contribution in [0.3, 0.4) is 0 Å². The highest BCUT2D eigenvalue weighted by Gasteiger charge is 1.58. The molecule has 1 amide bonds. The summed E-state index contributed by atoms with van der Waals surface area (Å²) in [5, 5.41) is 0. The third kappa shape index (κ3) is 6.69. The average molecular weight is 121 g/mol. The molecule has 0 heterocycles. The van der Waals surface area contributed by atoms with Crippen LogP contribution in [-0.4, -0.2) is 6.41 Å². The van der Waals surface area contributed by atoms with Crippen molar-refractivity contribution in [3.63, 3.8) is 0 Å². The predicted octanol–water partition coefficient (Wildman–Crippen LogP) is 0.499. The second-order valence-electron chi connectivity index (χ2n) is 1.20. The number of rotatable bonds is 0. The van der Waals surface area contributed by atoms with Crippen molar-refractivity contribution in [3.8, 4) is 0 Å². The summed E-state index contributed by atoms with van der Waals surface area (Å²) in [4.78, 5) is 8.46. The summed E-state index contributed by atoms with van der Waals surface area (Å²) in [6.07, 6.45) is 1.00. The van der Waals surface area contributed by atoms with Crippen LogP contribution >= 0.6 is 0 Å². The van der Waals surface area contributed by atoms with E-state index >= 15 is 0 Å². The van der Waals surface area contributed by atoms with E-state index in [0.717, 1.165) is 6.41 Å². The van der Waals surface area contributed by atoms with Crippen LogP contribution in [0.4, 0.5) is 0 Å². The van der Waals surface area contributed by atoms with E-state index < -0.39 is 0 Å². The lowest BCUT2D eigenvalue weighted by Crippen LogP contribution is -1.82. The Balaban J connectivity index is 0.000000187. The molecule has 2 N–H and O–H groups in total. The van der Waals surface area contributed by atoms with E-state index in [1.807, 2.05) is 30.3 Å². The molecule has 0 atom stereocenters. The Kier molecular flexibility index (Phi) is 5.72. The third-order valence-corrected chi connectivity index (χ3v) is 0.607. The minimum absolute atomic E-state index is 1.00. The molecule has 0 aliphatic rings.